The molecule has 2 heterocycles. The number of carbonyl (C=O) groups excluding carboxylic acids is 1. The zero-order chi connectivity index (χ0) is 19.4. The highest BCUT2D eigenvalue weighted by molar-refractivity contribution is 5.94. The molecule has 8 heteroatoms. The van der Waals surface area contributed by atoms with Crippen molar-refractivity contribution in [2.24, 2.45) is 13.0 Å². The lowest BCUT2D eigenvalue weighted by Gasteiger charge is -2.32. The lowest BCUT2D eigenvalue weighted by molar-refractivity contribution is -0.137. The van der Waals surface area contributed by atoms with E-state index in [1.807, 2.05) is 19.4 Å². The van der Waals surface area contributed by atoms with E-state index >= 15 is 0 Å². The van der Waals surface area contributed by atoms with Crippen LogP contribution in [0.4, 0.5) is 13.2 Å². The Balaban J connectivity index is 1.52. The molecule has 1 aromatic heterocycles. The number of alkyl halides is 3. The molecule has 1 amide bonds. The molecule has 5 nitrogen and oxygen atoms in total. The van der Waals surface area contributed by atoms with Crippen molar-refractivity contribution in [1.82, 2.24) is 20.0 Å². The third-order valence-electron chi connectivity index (χ3n) is 4.77. The van der Waals surface area contributed by atoms with E-state index in [1.165, 1.54) is 12.1 Å². The highest BCUT2D eigenvalue weighted by atomic mass is 19.4. The van der Waals surface area contributed by atoms with E-state index in [4.69, 9.17) is 0 Å². The van der Waals surface area contributed by atoms with Gasteiger partial charge in [0.05, 0.1) is 11.8 Å². The molecule has 27 heavy (non-hydrogen) atoms. The molecular weight excluding hydrogens is 357 g/mol. The number of hydrogen-bond acceptors (Lipinski definition) is 3. The van der Waals surface area contributed by atoms with E-state index in [0.29, 0.717) is 6.54 Å². The number of aryl methyl sites for hydroxylation is 1. The number of piperidine rings is 1. The van der Waals surface area contributed by atoms with Crippen molar-refractivity contribution >= 4 is 5.91 Å². The predicted molar refractivity (Wildman–Crippen MR) is 95.0 cm³/mol. The lowest BCUT2D eigenvalue weighted by atomic mass is 9.97. The van der Waals surface area contributed by atoms with Gasteiger partial charge in [-0.15, -0.1) is 0 Å². The third-order valence-corrected chi connectivity index (χ3v) is 4.77. The molecule has 1 aliphatic heterocycles. The number of aromatic nitrogens is 2. The summed E-state index contributed by atoms with van der Waals surface area (Å²) in [7, 11) is 1.88. The fourth-order valence-corrected chi connectivity index (χ4v) is 3.45. The number of carbonyl (C=O) groups is 1. The van der Waals surface area contributed by atoms with Crippen molar-refractivity contribution in [2.45, 2.75) is 25.6 Å². The van der Waals surface area contributed by atoms with Crippen LogP contribution in [0, 0.1) is 5.92 Å². The molecular formula is C19H23F3N4O. The van der Waals surface area contributed by atoms with Crippen LogP contribution in [0.25, 0.3) is 0 Å². The second-order valence-corrected chi connectivity index (χ2v) is 7.05. The number of halogens is 3. The summed E-state index contributed by atoms with van der Waals surface area (Å²) < 4.78 is 40.1. The Kier molecular flexibility index (Phi) is 5.84. The Morgan fingerprint density at radius 3 is 2.89 bits per heavy atom. The molecule has 0 radical (unpaired) electrons. The van der Waals surface area contributed by atoms with Gasteiger partial charge >= 0.3 is 6.18 Å². The minimum atomic E-state index is -4.45. The van der Waals surface area contributed by atoms with Crippen LogP contribution in [0.3, 0.4) is 0 Å². The number of amides is 1. The first kappa shape index (κ1) is 19.4. The van der Waals surface area contributed by atoms with Crippen molar-refractivity contribution < 1.29 is 18.0 Å². The molecule has 1 aromatic carbocycles. The first-order valence-corrected chi connectivity index (χ1v) is 8.96. The number of nitrogens with zero attached hydrogens (tertiary/aromatic N) is 3. The highest BCUT2D eigenvalue weighted by Crippen LogP contribution is 2.29. The van der Waals surface area contributed by atoms with Gasteiger partial charge in [-0.2, -0.15) is 18.3 Å². The standard InChI is InChI=1S/C19H23F3N4O/c1-25-11-15(10-24-25)13-26-7-3-4-14(12-26)9-23-18(27)16-5-2-6-17(8-16)19(20,21)22/h2,5-6,8,10-11,14H,3-4,7,9,12-13H2,1H3,(H,23,27). The fourth-order valence-electron chi connectivity index (χ4n) is 3.45. The van der Waals surface area contributed by atoms with Crippen LogP contribution in [0.15, 0.2) is 36.7 Å². The largest absolute Gasteiger partial charge is 0.416 e. The average molecular weight is 380 g/mol. The van der Waals surface area contributed by atoms with Crippen molar-refractivity contribution in [3.05, 3.63) is 53.3 Å². The molecule has 1 atom stereocenters. The number of nitrogens with one attached hydrogen (secondary N) is 1. The van der Waals surface area contributed by atoms with Crippen LogP contribution in [0.2, 0.25) is 0 Å². The molecule has 1 unspecified atom stereocenters. The van der Waals surface area contributed by atoms with Crippen LogP contribution in [-0.4, -0.2) is 40.2 Å². The van der Waals surface area contributed by atoms with Gasteiger partial charge in [0.25, 0.3) is 5.91 Å². The Morgan fingerprint density at radius 1 is 1.37 bits per heavy atom. The summed E-state index contributed by atoms with van der Waals surface area (Å²) in [5, 5.41) is 6.96. The molecule has 1 saturated heterocycles. The fraction of sp³-hybridized carbons (Fsp3) is 0.474. The van der Waals surface area contributed by atoms with E-state index in [1.54, 1.807) is 4.68 Å². The van der Waals surface area contributed by atoms with Crippen LogP contribution >= 0.6 is 0 Å². The van der Waals surface area contributed by atoms with Crippen LogP contribution in [0.1, 0.15) is 34.3 Å². The van der Waals surface area contributed by atoms with Gasteiger partial charge in [0.1, 0.15) is 0 Å². The SMILES string of the molecule is Cn1cc(CN2CCCC(CNC(=O)c3cccc(C(F)(F)F)c3)C2)cn1. The van der Waals surface area contributed by atoms with Crippen molar-refractivity contribution in [3.63, 3.8) is 0 Å². The minimum Gasteiger partial charge on any atom is -0.352 e. The van der Waals surface area contributed by atoms with Gasteiger partial charge in [-0.1, -0.05) is 6.07 Å². The first-order chi connectivity index (χ1) is 12.8. The summed E-state index contributed by atoms with van der Waals surface area (Å²) in [5.74, 6) is -0.185. The predicted octanol–water partition coefficient (Wildman–Crippen LogP) is 3.08. The summed E-state index contributed by atoms with van der Waals surface area (Å²) in [6, 6.07) is 4.52. The second-order valence-electron chi connectivity index (χ2n) is 7.05. The molecule has 3 rings (SSSR count). The zero-order valence-corrected chi connectivity index (χ0v) is 15.2. The summed E-state index contributed by atoms with van der Waals surface area (Å²) >= 11 is 0. The van der Waals surface area contributed by atoms with E-state index in [-0.39, 0.29) is 11.5 Å². The van der Waals surface area contributed by atoms with Gasteiger partial charge < -0.3 is 5.32 Å². The number of hydrogen-bond donors (Lipinski definition) is 1. The van der Waals surface area contributed by atoms with E-state index in [0.717, 1.165) is 50.2 Å². The van der Waals surface area contributed by atoms with Gasteiger partial charge in [-0.3, -0.25) is 14.4 Å². The number of rotatable bonds is 5. The van der Waals surface area contributed by atoms with Crippen molar-refractivity contribution in [1.29, 1.82) is 0 Å². The van der Waals surface area contributed by atoms with E-state index < -0.39 is 17.6 Å². The van der Waals surface area contributed by atoms with Crippen LogP contribution in [-0.2, 0) is 19.8 Å². The second kappa shape index (κ2) is 8.12. The summed E-state index contributed by atoms with van der Waals surface area (Å²) in [4.78, 5) is 14.6. The molecule has 0 saturated carbocycles. The minimum absolute atomic E-state index is 0.0350. The maximum absolute atomic E-state index is 12.8. The summed E-state index contributed by atoms with van der Waals surface area (Å²) in [5.41, 5.74) is 0.370. The number of benzene rings is 1. The topological polar surface area (TPSA) is 50.2 Å². The van der Waals surface area contributed by atoms with E-state index in [2.05, 4.69) is 15.3 Å². The third kappa shape index (κ3) is 5.32. The Morgan fingerprint density at radius 2 is 2.19 bits per heavy atom. The van der Waals surface area contributed by atoms with Crippen molar-refractivity contribution in [3.8, 4) is 0 Å². The van der Waals surface area contributed by atoms with Gasteiger partial charge in [0.15, 0.2) is 0 Å². The average Bonchev–Trinajstić information content (AvgIpc) is 3.04. The maximum Gasteiger partial charge on any atom is 0.416 e. The Hall–Kier alpha value is -2.35. The lowest BCUT2D eigenvalue weighted by Crippen LogP contribution is -2.40. The summed E-state index contributed by atoms with van der Waals surface area (Å²) in [6.45, 7) is 3.11. The molecule has 1 N–H and O–H groups in total. The smallest absolute Gasteiger partial charge is 0.352 e. The number of likely N-dealkylation sites (tertiary alicyclic amines) is 1. The van der Waals surface area contributed by atoms with Crippen LogP contribution in [0.5, 0.6) is 0 Å². The van der Waals surface area contributed by atoms with E-state index in [9.17, 15) is 18.0 Å². The monoisotopic (exact) mass is 380 g/mol. The van der Waals surface area contributed by atoms with Gasteiger partial charge in [-0.05, 0) is 43.5 Å². The van der Waals surface area contributed by atoms with Gasteiger partial charge in [0.2, 0.25) is 0 Å². The van der Waals surface area contributed by atoms with Crippen LogP contribution < -0.4 is 5.32 Å². The molecule has 0 aliphatic carbocycles. The highest BCUT2D eigenvalue weighted by Gasteiger charge is 2.31. The van der Waals surface area contributed by atoms with Gasteiger partial charge in [-0.25, -0.2) is 0 Å². The first-order valence-electron chi connectivity index (χ1n) is 8.96. The zero-order valence-electron chi connectivity index (χ0n) is 15.2. The Labute approximate surface area is 156 Å². The molecule has 2 aromatic rings. The van der Waals surface area contributed by atoms with Gasteiger partial charge in [0, 0.05) is 44.0 Å². The summed E-state index contributed by atoms with van der Waals surface area (Å²) in [6.07, 6.45) is 1.40. The quantitative estimate of drug-likeness (QED) is 0.867. The molecule has 1 fully saturated rings. The van der Waals surface area contributed by atoms with Crippen molar-refractivity contribution in [2.75, 3.05) is 19.6 Å². The molecule has 0 bridgehead atoms. The molecule has 146 valence electrons. The Bertz CT molecular complexity index is 787. The normalized spacial score (nSPS) is 18.4. The maximum atomic E-state index is 12.8. The molecule has 0 spiro atoms. The molecule has 1 aliphatic rings.